The van der Waals surface area contributed by atoms with Gasteiger partial charge in [0.25, 0.3) is 0 Å². The van der Waals surface area contributed by atoms with E-state index in [4.69, 9.17) is 0 Å². The molecule has 0 saturated carbocycles. The number of anilines is 1. The molecular formula is C19H20N4OS. The Bertz CT molecular complexity index is 856. The van der Waals surface area contributed by atoms with Crippen molar-refractivity contribution < 1.29 is 4.79 Å². The lowest BCUT2D eigenvalue weighted by Gasteiger charge is -2.14. The predicted molar refractivity (Wildman–Crippen MR) is 102 cm³/mol. The largest absolute Gasteiger partial charge is 0.325 e. The van der Waals surface area contributed by atoms with Crippen molar-refractivity contribution in [3.63, 3.8) is 0 Å². The lowest BCUT2D eigenvalue weighted by Crippen LogP contribution is -2.23. The third kappa shape index (κ3) is 4.09. The van der Waals surface area contributed by atoms with Gasteiger partial charge in [-0.25, -0.2) is 4.98 Å². The Hall–Kier alpha value is -2.60. The summed E-state index contributed by atoms with van der Waals surface area (Å²) in [4.78, 5) is 17.0. The number of aromatic nitrogens is 3. The number of thioether (sulfide) groups is 1. The molecule has 0 aliphatic carbocycles. The second kappa shape index (κ2) is 7.53. The zero-order valence-electron chi connectivity index (χ0n) is 14.4. The molecule has 0 unspecified atom stereocenters. The second-order valence-electron chi connectivity index (χ2n) is 5.85. The van der Waals surface area contributed by atoms with E-state index in [1.165, 1.54) is 11.8 Å². The number of aromatic amines is 1. The van der Waals surface area contributed by atoms with Crippen molar-refractivity contribution in [3.05, 3.63) is 59.7 Å². The van der Waals surface area contributed by atoms with Crippen molar-refractivity contribution in [1.29, 1.82) is 0 Å². The Morgan fingerprint density at radius 1 is 1.08 bits per heavy atom. The van der Waals surface area contributed by atoms with Crippen molar-refractivity contribution >= 4 is 23.4 Å². The number of benzene rings is 2. The summed E-state index contributed by atoms with van der Waals surface area (Å²) in [7, 11) is 0. The summed E-state index contributed by atoms with van der Waals surface area (Å²) in [6, 6.07) is 15.7. The van der Waals surface area contributed by atoms with Gasteiger partial charge in [-0.15, -0.1) is 5.10 Å². The Morgan fingerprint density at radius 3 is 2.44 bits per heavy atom. The molecule has 25 heavy (non-hydrogen) atoms. The first kappa shape index (κ1) is 17.2. The third-order valence-electron chi connectivity index (χ3n) is 3.89. The van der Waals surface area contributed by atoms with Crippen molar-refractivity contribution in [2.24, 2.45) is 0 Å². The number of aryl methyl sites for hydroxylation is 2. The van der Waals surface area contributed by atoms with Gasteiger partial charge in [-0.2, -0.15) is 0 Å². The topological polar surface area (TPSA) is 70.7 Å². The molecule has 1 heterocycles. The van der Waals surface area contributed by atoms with Gasteiger partial charge in [0, 0.05) is 11.3 Å². The molecule has 0 aliphatic heterocycles. The minimum absolute atomic E-state index is 0.0616. The van der Waals surface area contributed by atoms with Gasteiger partial charge in [-0.3, -0.25) is 9.89 Å². The molecule has 2 N–H and O–H groups in total. The van der Waals surface area contributed by atoms with Crippen LogP contribution in [-0.4, -0.2) is 26.3 Å². The van der Waals surface area contributed by atoms with Crippen LogP contribution in [0.5, 0.6) is 0 Å². The molecule has 1 atom stereocenters. The molecule has 3 aromatic rings. The lowest BCUT2D eigenvalue weighted by molar-refractivity contribution is -0.115. The Labute approximate surface area is 151 Å². The number of hydrogen-bond donors (Lipinski definition) is 2. The number of carbonyl (C=O) groups is 1. The maximum absolute atomic E-state index is 12.5. The fourth-order valence-corrected chi connectivity index (χ4v) is 3.20. The smallest absolute Gasteiger partial charge is 0.237 e. The van der Waals surface area contributed by atoms with Crippen LogP contribution in [0.15, 0.2) is 53.7 Å². The molecular weight excluding hydrogens is 332 g/mol. The summed E-state index contributed by atoms with van der Waals surface area (Å²) in [6.45, 7) is 5.83. The molecule has 0 saturated heterocycles. The number of nitrogens with one attached hydrogen (secondary N) is 2. The highest BCUT2D eigenvalue weighted by atomic mass is 32.2. The van der Waals surface area contributed by atoms with Crippen LogP contribution < -0.4 is 5.32 Å². The quantitative estimate of drug-likeness (QED) is 0.675. The van der Waals surface area contributed by atoms with E-state index >= 15 is 0 Å². The molecule has 6 heteroatoms. The van der Waals surface area contributed by atoms with Crippen LogP contribution in [0, 0.1) is 13.8 Å². The van der Waals surface area contributed by atoms with Gasteiger partial charge in [-0.1, -0.05) is 60.3 Å². The van der Waals surface area contributed by atoms with Crippen LogP contribution in [0.25, 0.3) is 11.4 Å². The van der Waals surface area contributed by atoms with Gasteiger partial charge in [0.2, 0.25) is 11.1 Å². The van der Waals surface area contributed by atoms with Gasteiger partial charge >= 0.3 is 0 Å². The van der Waals surface area contributed by atoms with Gasteiger partial charge < -0.3 is 5.32 Å². The fourth-order valence-electron chi connectivity index (χ4n) is 2.47. The van der Waals surface area contributed by atoms with E-state index in [1.54, 1.807) is 0 Å². The highest BCUT2D eigenvalue weighted by molar-refractivity contribution is 8.00. The number of nitrogens with zero attached hydrogens (tertiary/aromatic N) is 2. The van der Waals surface area contributed by atoms with E-state index in [-0.39, 0.29) is 11.2 Å². The maximum atomic E-state index is 12.5. The highest BCUT2D eigenvalue weighted by Gasteiger charge is 2.18. The summed E-state index contributed by atoms with van der Waals surface area (Å²) in [6.07, 6.45) is 0. The van der Waals surface area contributed by atoms with Crippen molar-refractivity contribution in [2.75, 3.05) is 5.32 Å². The van der Waals surface area contributed by atoms with Crippen LogP contribution in [0.3, 0.4) is 0 Å². The van der Waals surface area contributed by atoms with Crippen LogP contribution in [0.4, 0.5) is 5.69 Å². The van der Waals surface area contributed by atoms with E-state index in [2.05, 4.69) is 20.5 Å². The van der Waals surface area contributed by atoms with Crippen LogP contribution in [0.1, 0.15) is 18.1 Å². The number of H-pyrrole nitrogens is 1. The molecule has 3 rings (SSSR count). The Kier molecular flexibility index (Phi) is 5.19. The first-order chi connectivity index (χ1) is 12.0. The first-order valence-electron chi connectivity index (χ1n) is 8.06. The van der Waals surface area contributed by atoms with Gasteiger partial charge in [0.1, 0.15) is 0 Å². The van der Waals surface area contributed by atoms with Gasteiger partial charge in [0.15, 0.2) is 5.82 Å². The summed E-state index contributed by atoms with van der Waals surface area (Å²) in [5.74, 6) is 0.638. The normalized spacial score (nSPS) is 12.0. The fraction of sp³-hybridized carbons (Fsp3) is 0.211. The zero-order valence-corrected chi connectivity index (χ0v) is 15.2. The minimum atomic E-state index is -0.307. The summed E-state index contributed by atoms with van der Waals surface area (Å²) in [5.41, 5.74) is 3.94. The molecule has 5 nitrogen and oxygen atoms in total. The first-order valence-corrected chi connectivity index (χ1v) is 8.94. The van der Waals surface area contributed by atoms with Crippen LogP contribution in [-0.2, 0) is 4.79 Å². The average molecular weight is 352 g/mol. The number of rotatable bonds is 5. The lowest BCUT2D eigenvalue weighted by atomic mass is 10.1. The molecule has 0 radical (unpaired) electrons. The minimum Gasteiger partial charge on any atom is -0.325 e. The number of carbonyl (C=O) groups excluding carboxylic acids is 1. The molecule has 0 spiro atoms. The molecule has 128 valence electrons. The summed E-state index contributed by atoms with van der Waals surface area (Å²) >= 11 is 1.33. The van der Waals surface area contributed by atoms with Crippen LogP contribution >= 0.6 is 11.8 Å². The van der Waals surface area contributed by atoms with E-state index in [0.29, 0.717) is 11.0 Å². The highest BCUT2D eigenvalue weighted by Crippen LogP contribution is 2.25. The molecule has 0 aliphatic rings. The number of hydrogen-bond acceptors (Lipinski definition) is 4. The van der Waals surface area contributed by atoms with E-state index in [1.807, 2.05) is 69.3 Å². The second-order valence-corrected chi connectivity index (χ2v) is 7.16. The Morgan fingerprint density at radius 2 is 1.76 bits per heavy atom. The molecule has 2 aromatic carbocycles. The number of amides is 1. The van der Waals surface area contributed by atoms with Gasteiger partial charge in [-0.05, 0) is 31.9 Å². The van der Waals surface area contributed by atoms with Crippen molar-refractivity contribution in [3.8, 4) is 11.4 Å². The maximum Gasteiger partial charge on any atom is 0.237 e. The van der Waals surface area contributed by atoms with Crippen LogP contribution in [0.2, 0.25) is 0 Å². The zero-order chi connectivity index (χ0) is 17.8. The average Bonchev–Trinajstić information content (AvgIpc) is 3.07. The predicted octanol–water partition coefficient (Wildman–Crippen LogP) is 4.21. The van der Waals surface area contributed by atoms with Crippen molar-refractivity contribution in [2.45, 2.75) is 31.2 Å². The molecule has 1 aromatic heterocycles. The SMILES string of the molecule is Cc1cccc(C)c1NC(=O)[C@H](C)Sc1n[nH]c(-c2ccccc2)n1. The number of para-hydroxylation sites is 1. The van der Waals surface area contributed by atoms with Crippen molar-refractivity contribution in [1.82, 2.24) is 15.2 Å². The Balaban J connectivity index is 1.67. The van der Waals surface area contributed by atoms with E-state index < -0.39 is 0 Å². The summed E-state index contributed by atoms with van der Waals surface area (Å²) in [5, 5.41) is 10.4. The van der Waals surface area contributed by atoms with E-state index in [0.717, 1.165) is 22.4 Å². The monoisotopic (exact) mass is 352 g/mol. The molecule has 0 bridgehead atoms. The van der Waals surface area contributed by atoms with Gasteiger partial charge in [0.05, 0.1) is 5.25 Å². The summed E-state index contributed by atoms with van der Waals surface area (Å²) < 4.78 is 0. The molecule has 0 fully saturated rings. The standard InChI is InChI=1S/C19H20N4OS/c1-12-8-7-9-13(2)16(12)20-18(24)14(3)25-19-21-17(22-23-19)15-10-5-4-6-11-15/h4-11,14H,1-3H3,(H,20,24)(H,21,22,23)/t14-/m0/s1. The molecule has 1 amide bonds. The third-order valence-corrected chi connectivity index (χ3v) is 4.85. The van der Waals surface area contributed by atoms with E-state index in [9.17, 15) is 4.79 Å².